The Kier molecular flexibility index (Phi) is 6.02. The van der Waals surface area contributed by atoms with Crippen LogP contribution in [0.15, 0.2) is 24.3 Å². The second kappa shape index (κ2) is 7.53. The zero-order chi connectivity index (χ0) is 14.3. The Bertz CT molecular complexity index is 424. The van der Waals surface area contributed by atoms with Crippen molar-refractivity contribution in [3.05, 3.63) is 29.8 Å². The van der Waals surface area contributed by atoms with E-state index >= 15 is 0 Å². The molecule has 0 aliphatic heterocycles. The van der Waals surface area contributed by atoms with Crippen LogP contribution in [-0.2, 0) is 14.3 Å². The van der Waals surface area contributed by atoms with Crippen molar-refractivity contribution in [2.75, 3.05) is 20.3 Å². The molecule has 104 valence electrons. The molecule has 0 bridgehead atoms. The number of ketones is 1. The second-order valence-electron chi connectivity index (χ2n) is 3.98. The topological polar surface area (TPSA) is 61.8 Å². The Morgan fingerprint density at radius 3 is 2.32 bits per heavy atom. The second-order valence-corrected chi connectivity index (χ2v) is 3.98. The lowest BCUT2D eigenvalue weighted by Crippen LogP contribution is -2.23. The average Bonchev–Trinajstić information content (AvgIpc) is 2.38. The van der Waals surface area contributed by atoms with Gasteiger partial charge in [-0.3, -0.25) is 9.59 Å². The van der Waals surface area contributed by atoms with E-state index < -0.39 is 12.1 Å². The molecule has 0 aromatic heterocycles. The number of carbonyl (C=O) groups is 2. The minimum absolute atomic E-state index is 0.237. The van der Waals surface area contributed by atoms with Gasteiger partial charge in [-0.25, -0.2) is 0 Å². The molecule has 0 aliphatic carbocycles. The summed E-state index contributed by atoms with van der Waals surface area (Å²) in [4.78, 5) is 22.7. The minimum Gasteiger partial charge on any atom is -0.491 e. The lowest BCUT2D eigenvalue weighted by atomic mass is 10.1. The van der Waals surface area contributed by atoms with Gasteiger partial charge in [-0.15, -0.1) is 0 Å². The van der Waals surface area contributed by atoms with Crippen LogP contribution in [0.3, 0.4) is 0 Å². The molecule has 19 heavy (non-hydrogen) atoms. The first-order chi connectivity index (χ1) is 9.04. The fraction of sp³-hybridized carbons (Fsp3) is 0.429. The molecule has 0 spiro atoms. The van der Waals surface area contributed by atoms with E-state index in [1.165, 1.54) is 6.92 Å². The van der Waals surface area contributed by atoms with E-state index in [-0.39, 0.29) is 5.78 Å². The van der Waals surface area contributed by atoms with Crippen molar-refractivity contribution in [2.24, 2.45) is 0 Å². The van der Waals surface area contributed by atoms with Crippen LogP contribution in [0.2, 0.25) is 0 Å². The summed E-state index contributed by atoms with van der Waals surface area (Å²) in [5.41, 5.74) is 0.479. The number of benzene rings is 1. The van der Waals surface area contributed by atoms with Crippen LogP contribution in [0.25, 0.3) is 0 Å². The smallest absolute Gasteiger partial charge is 0.303 e. The average molecular weight is 266 g/mol. The van der Waals surface area contributed by atoms with E-state index in [1.807, 2.05) is 0 Å². The fourth-order valence-corrected chi connectivity index (χ4v) is 1.50. The first-order valence-electron chi connectivity index (χ1n) is 5.98. The number of Topliss-reactive ketones (excluding diaryl/α,β-unsaturated/α-hetero) is 1. The Hall–Kier alpha value is -1.88. The summed E-state index contributed by atoms with van der Waals surface area (Å²) >= 11 is 0. The third kappa shape index (κ3) is 5.09. The summed E-state index contributed by atoms with van der Waals surface area (Å²) in [6.07, 6.45) is -0.780. The monoisotopic (exact) mass is 266 g/mol. The van der Waals surface area contributed by atoms with E-state index in [0.717, 1.165) is 0 Å². The van der Waals surface area contributed by atoms with E-state index in [0.29, 0.717) is 24.5 Å². The number of esters is 1. The maximum atomic E-state index is 11.9. The Labute approximate surface area is 112 Å². The molecule has 1 rings (SSSR count). The summed E-state index contributed by atoms with van der Waals surface area (Å²) in [7, 11) is 1.60. The van der Waals surface area contributed by atoms with Crippen LogP contribution < -0.4 is 4.74 Å². The summed E-state index contributed by atoms with van der Waals surface area (Å²) in [6.45, 7) is 3.78. The van der Waals surface area contributed by atoms with Crippen LogP contribution >= 0.6 is 0 Å². The molecule has 0 saturated heterocycles. The zero-order valence-electron chi connectivity index (χ0n) is 11.3. The van der Waals surface area contributed by atoms with Crippen molar-refractivity contribution in [1.82, 2.24) is 0 Å². The predicted molar refractivity (Wildman–Crippen MR) is 69.4 cm³/mol. The van der Waals surface area contributed by atoms with Gasteiger partial charge in [0.2, 0.25) is 5.78 Å². The molecule has 1 atom stereocenters. The molecular weight excluding hydrogens is 248 g/mol. The molecule has 1 aromatic rings. The van der Waals surface area contributed by atoms with E-state index in [4.69, 9.17) is 14.2 Å². The van der Waals surface area contributed by atoms with Gasteiger partial charge in [-0.1, -0.05) is 0 Å². The third-order valence-corrected chi connectivity index (χ3v) is 2.41. The van der Waals surface area contributed by atoms with Gasteiger partial charge in [0.1, 0.15) is 12.4 Å². The number of methoxy groups -OCH3 is 1. The minimum atomic E-state index is -0.780. The lowest BCUT2D eigenvalue weighted by molar-refractivity contribution is -0.143. The predicted octanol–water partition coefficient (Wildman–Crippen LogP) is 1.85. The normalized spacial score (nSPS) is 11.7. The number of carbonyl (C=O) groups excluding carboxylic acids is 2. The van der Waals surface area contributed by atoms with Crippen LogP contribution in [0.4, 0.5) is 0 Å². The molecule has 0 heterocycles. The number of ether oxygens (including phenoxy) is 3. The lowest BCUT2D eigenvalue weighted by Gasteiger charge is -2.11. The third-order valence-electron chi connectivity index (χ3n) is 2.41. The van der Waals surface area contributed by atoms with Crippen LogP contribution in [-0.4, -0.2) is 38.2 Å². The Balaban J connectivity index is 2.60. The number of hydrogen-bond acceptors (Lipinski definition) is 5. The summed E-state index contributed by atoms with van der Waals surface area (Å²) in [5, 5.41) is 0. The van der Waals surface area contributed by atoms with Gasteiger partial charge < -0.3 is 14.2 Å². The van der Waals surface area contributed by atoms with Crippen molar-refractivity contribution in [2.45, 2.75) is 20.0 Å². The first-order valence-corrected chi connectivity index (χ1v) is 5.98. The molecule has 0 aliphatic rings. The largest absolute Gasteiger partial charge is 0.491 e. The summed E-state index contributed by atoms with van der Waals surface area (Å²) in [6, 6.07) is 6.68. The van der Waals surface area contributed by atoms with Crippen molar-refractivity contribution in [3.8, 4) is 5.75 Å². The standard InChI is InChI=1S/C14H18O5/c1-10(19-11(2)15)14(16)12-4-6-13(7-5-12)18-9-8-17-3/h4-7,10H,8-9H2,1-3H3. The maximum absolute atomic E-state index is 11.9. The highest BCUT2D eigenvalue weighted by atomic mass is 16.5. The van der Waals surface area contributed by atoms with Gasteiger partial charge in [-0.05, 0) is 31.2 Å². The molecule has 1 unspecified atom stereocenters. The van der Waals surface area contributed by atoms with Crippen molar-refractivity contribution in [1.29, 1.82) is 0 Å². The molecule has 1 aromatic carbocycles. The summed E-state index contributed by atoms with van der Waals surface area (Å²) in [5.74, 6) is -0.0484. The van der Waals surface area contributed by atoms with Crippen molar-refractivity contribution < 1.29 is 23.8 Å². The quantitative estimate of drug-likeness (QED) is 0.428. The zero-order valence-corrected chi connectivity index (χ0v) is 11.3. The van der Waals surface area contributed by atoms with Gasteiger partial charge >= 0.3 is 5.97 Å². The molecule has 0 amide bonds. The Morgan fingerprint density at radius 1 is 1.16 bits per heavy atom. The number of rotatable bonds is 7. The Morgan fingerprint density at radius 2 is 1.79 bits per heavy atom. The SMILES string of the molecule is COCCOc1ccc(C(=O)C(C)OC(C)=O)cc1. The van der Waals surface area contributed by atoms with Crippen LogP contribution in [0.1, 0.15) is 24.2 Å². The van der Waals surface area contributed by atoms with Gasteiger partial charge in [0.05, 0.1) is 6.61 Å². The van der Waals surface area contributed by atoms with Crippen LogP contribution in [0, 0.1) is 0 Å². The van der Waals surface area contributed by atoms with E-state index in [1.54, 1.807) is 38.3 Å². The van der Waals surface area contributed by atoms with Gasteiger partial charge in [0.15, 0.2) is 6.10 Å². The molecule has 5 heteroatoms. The maximum Gasteiger partial charge on any atom is 0.303 e. The van der Waals surface area contributed by atoms with Gasteiger partial charge in [-0.2, -0.15) is 0 Å². The van der Waals surface area contributed by atoms with E-state index in [2.05, 4.69) is 0 Å². The molecule has 0 saturated carbocycles. The fourth-order valence-electron chi connectivity index (χ4n) is 1.50. The molecule has 0 N–H and O–H groups in total. The van der Waals surface area contributed by atoms with Crippen LogP contribution in [0.5, 0.6) is 5.75 Å². The van der Waals surface area contributed by atoms with Gasteiger partial charge in [0.25, 0.3) is 0 Å². The first kappa shape index (κ1) is 15.2. The molecule has 5 nitrogen and oxygen atoms in total. The molecular formula is C14H18O5. The molecule has 0 fully saturated rings. The van der Waals surface area contributed by atoms with Crippen molar-refractivity contribution >= 4 is 11.8 Å². The summed E-state index contributed by atoms with van der Waals surface area (Å²) < 4.78 is 15.1. The van der Waals surface area contributed by atoms with Crippen molar-refractivity contribution in [3.63, 3.8) is 0 Å². The number of hydrogen-bond donors (Lipinski definition) is 0. The highest BCUT2D eigenvalue weighted by molar-refractivity contribution is 6.00. The molecule has 0 radical (unpaired) electrons. The van der Waals surface area contributed by atoms with Gasteiger partial charge in [0, 0.05) is 19.6 Å². The highest BCUT2D eigenvalue weighted by Crippen LogP contribution is 2.14. The van der Waals surface area contributed by atoms with E-state index in [9.17, 15) is 9.59 Å². The highest BCUT2D eigenvalue weighted by Gasteiger charge is 2.17.